The highest BCUT2D eigenvalue weighted by molar-refractivity contribution is 5.89. The zero-order valence-electron chi connectivity index (χ0n) is 20.9. The largest absolute Gasteiger partial charge is 0.497 e. The molecule has 8 nitrogen and oxygen atoms in total. The van der Waals surface area contributed by atoms with E-state index >= 15 is 0 Å². The second kappa shape index (κ2) is 9.18. The number of H-pyrrole nitrogens is 1. The molecule has 0 aliphatic carbocycles. The molecule has 1 saturated heterocycles. The highest BCUT2D eigenvalue weighted by Crippen LogP contribution is 2.48. The van der Waals surface area contributed by atoms with Crippen LogP contribution in [0.1, 0.15) is 22.9 Å². The van der Waals surface area contributed by atoms with Crippen LogP contribution in [0.2, 0.25) is 0 Å². The minimum absolute atomic E-state index is 0.0314. The number of rotatable bonds is 7. The zero-order valence-corrected chi connectivity index (χ0v) is 20.9. The number of hydrogen-bond donors (Lipinski definition) is 2. The van der Waals surface area contributed by atoms with Crippen LogP contribution in [0, 0.1) is 0 Å². The molecular formula is C27H34N4O4. The Morgan fingerprint density at radius 1 is 1.09 bits per heavy atom. The van der Waals surface area contributed by atoms with Crippen molar-refractivity contribution < 1.29 is 19.4 Å². The van der Waals surface area contributed by atoms with Gasteiger partial charge in [-0.1, -0.05) is 12.1 Å². The van der Waals surface area contributed by atoms with E-state index in [4.69, 9.17) is 9.47 Å². The fourth-order valence-electron chi connectivity index (χ4n) is 5.80. The molecule has 0 saturated carbocycles. The molecule has 2 aliphatic rings. The molecule has 1 aromatic heterocycles. The van der Waals surface area contributed by atoms with Crippen LogP contribution in [0.3, 0.4) is 0 Å². The summed E-state index contributed by atoms with van der Waals surface area (Å²) in [6.45, 7) is 3.30. The number of benzene rings is 2. The normalized spacial score (nSPS) is 19.1. The lowest BCUT2D eigenvalue weighted by atomic mass is 9.68. The molecule has 1 spiro atoms. The van der Waals surface area contributed by atoms with Gasteiger partial charge in [0.15, 0.2) is 0 Å². The molecule has 3 aromatic rings. The standard InChI is InChI=1S/C27H34N4O4/c1-29(2)13-24(33)31-17-27(15-30(16-27)12-18-5-7-19(34-3)8-6-18)25-21-10-9-20(35-4)11-22(21)28-26(25)23(31)14-32/h5-11,23,28,32H,12-17H2,1-4H3/t23-/m1/s1. The van der Waals surface area contributed by atoms with Gasteiger partial charge in [0.2, 0.25) is 5.91 Å². The molecule has 186 valence electrons. The Bertz CT molecular complexity index is 1210. The molecule has 35 heavy (non-hydrogen) atoms. The van der Waals surface area contributed by atoms with Crippen LogP contribution in [0.25, 0.3) is 10.9 Å². The maximum Gasteiger partial charge on any atom is 0.237 e. The average Bonchev–Trinajstić information content (AvgIpc) is 3.21. The number of hydrogen-bond acceptors (Lipinski definition) is 6. The summed E-state index contributed by atoms with van der Waals surface area (Å²) in [7, 11) is 7.12. The van der Waals surface area contributed by atoms with Gasteiger partial charge in [-0.05, 0) is 49.5 Å². The van der Waals surface area contributed by atoms with Gasteiger partial charge in [0.05, 0.1) is 33.4 Å². The summed E-state index contributed by atoms with van der Waals surface area (Å²) in [4.78, 5) is 23.0. The topological polar surface area (TPSA) is 81.3 Å². The molecule has 0 unspecified atom stereocenters. The van der Waals surface area contributed by atoms with Crippen molar-refractivity contribution in [1.29, 1.82) is 0 Å². The fraction of sp³-hybridized carbons (Fsp3) is 0.444. The first-order chi connectivity index (χ1) is 16.9. The maximum atomic E-state index is 13.3. The predicted octanol–water partition coefficient (Wildman–Crippen LogP) is 2.38. The quantitative estimate of drug-likeness (QED) is 0.543. The van der Waals surface area contributed by atoms with E-state index < -0.39 is 6.04 Å². The van der Waals surface area contributed by atoms with E-state index in [0.29, 0.717) is 13.1 Å². The number of likely N-dealkylation sites (tertiary alicyclic amines) is 1. The fourth-order valence-corrected chi connectivity index (χ4v) is 5.80. The van der Waals surface area contributed by atoms with E-state index in [1.54, 1.807) is 14.2 Å². The van der Waals surface area contributed by atoms with Gasteiger partial charge in [0, 0.05) is 54.3 Å². The van der Waals surface area contributed by atoms with Gasteiger partial charge in [0.1, 0.15) is 11.5 Å². The first kappa shape index (κ1) is 23.7. The molecule has 2 aromatic carbocycles. The zero-order chi connectivity index (χ0) is 24.7. The van der Waals surface area contributed by atoms with Gasteiger partial charge in [-0.25, -0.2) is 0 Å². The molecule has 3 heterocycles. The predicted molar refractivity (Wildman–Crippen MR) is 135 cm³/mol. The van der Waals surface area contributed by atoms with Crippen LogP contribution in [0.15, 0.2) is 42.5 Å². The number of nitrogens with zero attached hydrogens (tertiary/aromatic N) is 3. The van der Waals surface area contributed by atoms with Crippen molar-refractivity contribution in [2.75, 3.05) is 61.1 Å². The van der Waals surface area contributed by atoms with Crippen LogP contribution in [-0.2, 0) is 16.8 Å². The monoisotopic (exact) mass is 478 g/mol. The first-order valence-corrected chi connectivity index (χ1v) is 12.0. The van der Waals surface area contributed by atoms with E-state index in [2.05, 4.69) is 28.1 Å². The number of amides is 1. The molecule has 5 rings (SSSR count). The Labute approximate surface area is 206 Å². The summed E-state index contributed by atoms with van der Waals surface area (Å²) < 4.78 is 10.7. The molecule has 0 bridgehead atoms. The number of methoxy groups -OCH3 is 2. The van der Waals surface area contributed by atoms with E-state index in [-0.39, 0.29) is 17.9 Å². The van der Waals surface area contributed by atoms with E-state index in [1.807, 2.05) is 48.2 Å². The SMILES string of the molecule is COc1ccc(CN2CC3(C2)CN(C(=O)CN(C)C)[C@H](CO)c2[nH]c4cc(OC)ccc4c23)cc1. The van der Waals surface area contributed by atoms with Crippen molar-refractivity contribution in [3.8, 4) is 11.5 Å². The summed E-state index contributed by atoms with van der Waals surface area (Å²) in [5.41, 5.74) is 4.19. The summed E-state index contributed by atoms with van der Waals surface area (Å²) in [6.07, 6.45) is 0. The smallest absolute Gasteiger partial charge is 0.237 e. The number of carbonyl (C=O) groups is 1. The molecule has 1 amide bonds. The minimum Gasteiger partial charge on any atom is -0.497 e. The summed E-state index contributed by atoms with van der Waals surface area (Å²) in [5.74, 6) is 1.66. The number of ether oxygens (including phenoxy) is 2. The number of likely N-dealkylation sites (N-methyl/N-ethyl adjacent to an activating group) is 1. The van der Waals surface area contributed by atoms with Gasteiger partial charge in [0.25, 0.3) is 0 Å². The van der Waals surface area contributed by atoms with Crippen LogP contribution in [0.5, 0.6) is 11.5 Å². The van der Waals surface area contributed by atoms with Crippen molar-refractivity contribution in [3.63, 3.8) is 0 Å². The number of aromatic nitrogens is 1. The number of fused-ring (bicyclic) bond motifs is 4. The third kappa shape index (κ3) is 4.16. The molecule has 1 atom stereocenters. The highest BCUT2D eigenvalue weighted by Gasteiger charge is 2.53. The molecule has 8 heteroatoms. The lowest BCUT2D eigenvalue weighted by molar-refractivity contribution is -0.139. The number of carbonyl (C=O) groups excluding carboxylic acids is 1. The number of aromatic amines is 1. The van der Waals surface area contributed by atoms with E-state index in [9.17, 15) is 9.90 Å². The Kier molecular flexibility index (Phi) is 6.21. The Hall–Kier alpha value is -3.07. The molecule has 2 N–H and O–H groups in total. The lowest BCUT2D eigenvalue weighted by Gasteiger charge is -2.56. The Morgan fingerprint density at radius 3 is 2.40 bits per heavy atom. The summed E-state index contributed by atoms with van der Waals surface area (Å²) in [5, 5.41) is 11.5. The minimum atomic E-state index is -0.392. The van der Waals surface area contributed by atoms with Gasteiger partial charge in [-0.15, -0.1) is 0 Å². The molecular weight excluding hydrogens is 444 g/mol. The van der Waals surface area contributed by atoms with Crippen molar-refractivity contribution in [1.82, 2.24) is 19.7 Å². The van der Waals surface area contributed by atoms with Crippen molar-refractivity contribution in [2.24, 2.45) is 0 Å². The highest BCUT2D eigenvalue weighted by atomic mass is 16.5. The van der Waals surface area contributed by atoms with Gasteiger partial charge < -0.3 is 29.4 Å². The van der Waals surface area contributed by atoms with Crippen LogP contribution < -0.4 is 9.47 Å². The van der Waals surface area contributed by atoms with Crippen LogP contribution in [0.4, 0.5) is 0 Å². The molecule has 1 fully saturated rings. The third-order valence-corrected chi connectivity index (χ3v) is 7.31. The van der Waals surface area contributed by atoms with Crippen LogP contribution in [-0.4, -0.2) is 91.8 Å². The van der Waals surface area contributed by atoms with Crippen molar-refractivity contribution in [3.05, 3.63) is 59.3 Å². The number of aliphatic hydroxyl groups excluding tert-OH is 1. The molecule has 0 radical (unpaired) electrons. The van der Waals surface area contributed by atoms with Gasteiger partial charge in [-0.3, -0.25) is 9.69 Å². The van der Waals surface area contributed by atoms with Gasteiger partial charge in [-0.2, -0.15) is 0 Å². The Balaban J connectivity index is 1.50. The van der Waals surface area contributed by atoms with E-state index in [1.165, 1.54) is 11.1 Å². The third-order valence-electron chi connectivity index (χ3n) is 7.31. The summed E-state index contributed by atoms with van der Waals surface area (Å²) in [6, 6.07) is 13.9. The number of nitrogens with one attached hydrogen (secondary N) is 1. The second-order valence-corrected chi connectivity index (χ2v) is 10.1. The van der Waals surface area contributed by atoms with Gasteiger partial charge >= 0.3 is 0 Å². The maximum absolute atomic E-state index is 13.3. The van der Waals surface area contributed by atoms with Crippen LogP contribution >= 0.6 is 0 Å². The summed E-state index contributed by atoms with van der Waals surface area (Å²) >= 11 is 0. The lowest BCUT2D eigenvalue weighted by Crippen LogP contribution is -2.67. The second-order valence-electron chi connectivity index (χ2n) is 10.1. The van der Waals surface area contributed by atoms with Crippen molar-refractivity contribution in [2.45, 2.75) is 18.0 Å². The number of aliphatic hydroxyl groups is 1. The van der Waals surface area contributed by atoms with Crippen molar-refractivity contribution >= 4 is 16.8 Å². The molecule has 2 aliphatic heterocycles. The van der Waals surface area contributed by atoms with E-state index in [0.717, 1.165) is 47.7 Å². The Morgan fingerprint density at radius 2 is 1.77 bits per heavy atom. The average molecular weight is 479 g/mol. The first-order valence-electron chi connectivity index (χ1n) is 12.0.